The fourth-order valence-electron chi connectivity index (χ4n) is 1.55. The van der Waals surface area contributed by atoms with Crippen LogP contribution in [0.4, 0.5) is 5.69 Å². The first-order valence-corrected chi connectivity index (χ1v) is 8.61. The molecule has 0 amide bonds. The van der Waals surface area contributed by atoms with Gasteiger partial charge in [-0.25, -0.2) is 0 Å². The maximum absolute atomic E-state index is 4.41. The lowest BCUT2D eigenvalue weighted by molar-refractivity contribution is 0.300. The Morgan fingerprint density at radius 2 is 1.53 bits per heavy atom. The number of hydrogen-bond donors (Lipinski definition) is 0. The van der Waals surface area contributed by atoms with Gasteiger partial charge in [-0.1, -0.05) is 26.0 Å². The number of nitrogens with zero attached hydrogens (tertiary/aromatic N) is 3. The van der Waals surface area contributed by atoms with E-state index in [0.29, 0.717) is 0 Å². The molecule has 19 heavy (non-hydrogen) atoms. The predicted octanol–water partition coefficient (Wildman–Crippen LogP) is 5.53. The van der Waals surface area contributed by atoms with Crippen LogP contribution in [0.15, 0.2) is 22.5 Å². The maximum Gasteiger partial charge on any atom is 0.114 e. The summed E-state index contributed by atoms with van der Waals surface area (Å²) < 4.78 is 2.32. The molecule has 0 unspecified atom stereocenters. The van der Waals surface area contributed by atoms with Gasteiger partial charge in [-0.2, -0.15) is 0 Å². The van der Waals surface area contributed by atoms with Crippen molar-refractivity contribution in [2.45, 2.75) is 40.0 Å². The fraction of sp³-hybridized carbons (Fsp3) is 0.571. The average Bonchev–Trinajstić information content (AvgIpc) is 2.31. The van der Waals surface area contributed by atoms with Crippen LogP contribution in [0.1, 0.15) is 40.2 Å². The molecule has 0 saturated heterocycles. The highest BCUT2D eigenvalue weighted by Gasteiger charge is 2.17. The molecule has 0 fully saturated rings. The van der Waals surface area contributed by atoms with Crippen LogP contribution in [0, 0.1) is 7.14 Å². The minimum atomic E-state index is 0.161. The second-order valence-corrected chi connectivity index (χ2v) is 7.69. The van der Waals surface area contributed by atoms with Crippen LogP contribution < -0.4 is 0 Å². The summed E-state index contributed by atoms with van der Waals surface area (Å²) in [5.41, 5.74) is 2.47. The molecule has 1 aromatic rings. The van der Waals surface area contributed by atoms with Gasteiger partial charge in [0.15, 0.2) is 0 Å². The number of hydrogen-bond acceptors (Lipinski definition) is 2. The highest BCUT2D eigenvalue weighted by atomic mass is 127. The smallest absolute Gasteiger partial charge is 0.114 e. The summed E-state index contributed by atoms with van der Waals surface area (Å²) in [5.74, 6) is 0. The molecule has 1 aromatic carbocycles. The molecule has 1 rings (SSSR count). The van der Waals surface area contributed by atoms with Crippen molar-refractivity contribution in [3.8, 4) is 0 Å². The second kappa shape index (κ2) is 7.19. The van der Waals surface area contributed by atoms with E-state index in [0.717, 1.165) is 25.9 Å². The van der Waals surface area contributed by atoms with Gasteiger partial charge in [0.25, 0.3) is 0 Å². The monoisotopic (exact) mass is 485 g/mol. The molecule has 3 nitrogen and oxygen atoms in total. The molecule has 0 heterocycles. The zero-order valence-corrected chi connectivity index (χ0v) is 16.5. The average molecular weight is 485 g/mol. The Morgan fingerprint density at radius 1 is 1.05 bits per heavy atom. The third-order valence-corrected chi connectivity index (χ3v) is 4.53. The first kappa shape index (κ1) is 17.1. The molecule has 0 aromatic heterocycles. The molecule has 5 heteroatoms. The molecule has 0 bridgehead atoms. The van der Waals surface area contributed by atoms with Gasteiger partial charge in [0.2, 0.25) is 0 Å². The van der Waals surface area contributed by atoms with E-state index < -0.39 is 0 Å². The van der Waals surface area contributed by atoms with Crippen molar-refractivity contribution >= 4 is 50.9 Å². The van der Waals surface area contributed by atoms with Crippen molar-refractivity contribution in [1.29, 1.82) is 0 Å². The van der Waals surface area contributed by atoms with Gasteiger partial charge in [-0.3, -0.25) is 5.01 Å². The first-order valence-electron chi connectivity index (χ1n) is 6.45. The van der Waals surface area contributed by atoms with Crippen molar-refractivity contribution in [3.63, 3.8) is 0 Å². The van der Waals surface area contributed by atoms with E-state index in [9.17, 15) is 0 Å². The summed E-state index contributed by atoms with van der Waals surface area (Å²) in [4.78, 5) is 0. The molecule has 0 atom stereocenters. The Kier molecular flexibility index (Phi) is 6.49. The molecular weight excluding hydrogens is 464 g/mol. The third-order valence-electron chi connectivity index (χ3n) is 2.88. The lowest BCUT2D eigenvalue weighted by Gasteiger charge is -2.20. The normalized spacial score (nSPS) is 12.2. The minimum Gasteiger partial charge on any atom is -0.279 e. The Morgan fingerprint density at radius 3 is 1.89 bits per heavy atom. The van der Waals surface area contributed by atoms with E-state index in [4.69, 9.17) is 0 Å². The second-order valence-electron chi connectivity index (χ2n) is 5.37. The van der Waals surface area contributed by atoms with Gasteiger partial charge in [0.05, 0.1) is 0 Å². The summed E-state index contributed by atoms with van der Waals surface area (Å²) in [5, 5.41) is 10.6. The van der Waals surface area contributed by atoms with E-state index in [1.54, 1.807) is 0 Å². The van der Waals surface area contributed by atoms with Gasteiger partial charge >= 0.3 is 0 Å². The third kappa shape index (κ3) is 4.84. The molecule has 0 radical (unpaired) electrons. The molecule has 0 aliphatic rings. The Labute approximate surface area is 143 Å². The van der Waals surface area contributed by atoms with Crippen LogP contribution in [0.2, 0.25) is 0 Å². The highest BCUT2D eigenvalue weighted by Crippen LogP contribution is 2.34. The number of halogens is 2. The molecule has 0 saturated carbocycles. The molecule has 106 valence electrons. The van der Waals surface area contributed by atoms with Crippen LogP contribution in [0.5, 0.6) is 0 Å². The summed E-state index contributed by atoms with van der Waals surface area (Å²) >= 11 is 4.69. The molecule has 0 spiro atoms. The summed E-state index contributed by atoms with van der Waals surface area (Å²) in [7, 11) is 0. The lowest BCUT2D eigenvalue weighted by Crippen LogP contribution is -2.14. The van der Waals surface area contributed by atoms with E-state index in [1.165, 1.54) is 5.56 Å². The summed E-state index contributed by atoms with van der Waals surface area (Å²) in [6, 6.07) is 4.42. The Bertz CT molecular complexity index is 437. The van der Waals surface area contributed by atoms with Crippen molar-refractivity contribution in [2.75, 3.05) is 13.1 Å². The van der Waals surface area contributed by atoms with Gasteiger partial charge in [-0.15, -0.1) is 5.11 Å². The van der Waals surface area contributed by atoms with E-state index in [1.807, 2.05) is 5.01 Å². The van der Waals surface area contributed by atoms with Crippen LogP contribution in [0.25, 0.3) is 0 Å². The number of rotatable bonds is 4. The zero-order chi connectivity index (χ0) is 14.6. The predicted molar refractivity (Wildman–Crippen MR) is 98.0 cm³/mol. The summed E-state index contributed by atoms with van der Waals surface area (Å²) in [6.07, 6.45) is 0. The van der Waals surface area contributed by atoms with Crippen molar-refractivity contribution < 1.29 is 0 Å². The quantitative estimate of drug-likeness (QED) is 0.313. The van der Waals surface area contributed by atoms with Gasteiger partial charge in [-0.05, 0) is 82.1 Å². The first-order chi connectivity index (χ1) is 8.79. The maximum atomic E-state index is 4.41. The van der Waals surface area contributed by atoms with Crippen molar-refractivity contribution in [2.24, 2.45) is 10.3 Å². The van der Waals surface area contributed by atoms with Crippen molar-refractivity contribution in [1.82, 2.24) is 5.01 Å². The highest BCUT2D eigenvalue weighted by molar-refractivity contribution is 14.1. The Balaban J connectivity index is 3.11. The number of benzene rings is 1. The molecule has 0 N–H and O–H groups in total. The molecular formula is C14H21I2N3. The van der Waals surface area contributed by atoms with E-state index in [-0.39, 0.29) is 5.41 Å². The van der Waals surface area contributed by atoms with Gasteiger partial charge in [0.1, 0.15) is 5.69 Å². The van der Waals surface area contributed by atoms with Crippen LogP contribution in [-0.4, -0.2) is 18.1 Å². The van der Waals surface area contributed by atoms with Gasteiger partial charge in [0, 0.05) is 20.2 Å². The minimum absolute atomic E-state index is 0.161. The topological polar surface area (TPSA) is 28.0 Å². The molecule has 0 aliphatic carbocycles. The van der Waals surface area contributed by atoms with E-state index in [2.05, 4.69) is 102 Å². The molecule has 0 aliphatic heterocycles. The zero-order valence-electron chi connectivity index (χ0n) is 12.2. The van der Waals surface area contributed by atoms with Crippen molar-refractivity contribution in [3.05, 3.63) is 24.8 Å². The van der Waals surface area contributed by atoms with Crippen LogP contribution >= 0.6 is 45.2 Å². The van der Waals surface area contributed by atoms with Crippen LogP contribution in [-0.2, 0) is 5.41 Å². The van der Waals surface area contributed by atoms with Crippen LogP contribution in [0.3, 0.4) is 0 Å². The Hall–Kier alpha value is 0.0800. The standard InChI is InChI=1S/C14H21I2N3/c1-6-19(7-2)18-17-13-11(15)8-10(9-12(13)16)14(3,4)5/h8-9H,6-7H2,1-5H3. The fourth-order valence-corrected chi connectivity index (χ4v) is 3.54. The van der Waals surface area contributed by atoms with E-state index >= 15 is 0 Å². The lowest BCUT2D eigenvalue weighted by atomic mass is 9.87. The largest absolute Gasteiger partial charge is 0.279 e. The summed E-state index contributed by atoms with van der Waals surface area (Å²) in [6.45, 7) is 12.6. The van der Waals surface area contributed by atoms with Gasteiger partial charge < -0.3 is 0 Å². The SMILES string of the molecule is CCN(CC)N=Nc1c(I)cc(C(C)(C)C)cc1I.